The lowest BCUT2D eigenvalue weighted by molar-refractivity contribution is 0.0636. The summed E-state index contributed by atoms with van der Waals surface area (Å²) in [6.45, 7) is 4.98. The van der Waals surface area contributed by atoms with E-state index in [4.69, 9.17) is 11.2 Å². The molecule has 28 heavy (non-hydrogen) atoms. The number of hydrogen-bond donors (Lipinski definition) is 0. The lowest BCUT2D eigenvalue weighted by Crippen LogP contribution is -2.42. The first-order valence-corrected chi connectivity index (χ1v) is 9.65. The number of likely N-dealkylation sites (tertiary alicyclic amines) is 1. The van der Waals surface area contributed by atoms with Gasteiger partial charge >= 0.3 is 0 Å². The van der Waals surface area contributed by atoms with Gasteiger partial charge in [0.05, 0.1) is 6.10 Å². The maximum absolute atomic E-state index is 13.0. The zero-order valence-corrected chi connectivity index (χ0v) is 16.4. The van der Waals surface area contributed by atoms with Crippen LogP contribution in [0.5, 0.6) is 5.75 Å². The molecule has 0 N–H and O–H groups in total. The van der Waals surface area contributed by atoms with Crippen LogP contribution in [0, 0.1) is 18.3 Å². The highest BCUT2D eigenvalue weighted by molar-refractivity contribution is 5.99. The third kappa shape index (κ3) is 4.61. The zero-order valence-electron chi connectivity index (χ0n) is 16.4. The predicted molar refractivity (Wildman–Crippen MR) is 110 cm³/mol. The van der Waals surface area contributed by atoms with Crippen LogP contribution < -0.4 is 4.74 Å². The molecule has 0 bridgehead atoms. The van der Waals surface area contributed by atoms with Gasteiger partial charge in [0.25, 0.3) is 5.91 Å². The Balaban J connectivity index is 1.73. The van der Waals surface area contributed by atoms with Gasteiger partial charge in [0.15, 0.2) is 5.78 Å². The topological polar surface area (TPSA) is 46.6 Å². The summed E-state index contributed by atoms with van der Waals surface area (Å²) in [6.07, 6.45) is 7.07. The number of carbonyl (C=O) groups excluding carboxylic acids is 2. The highest BCUT2D eigenvalue weighted by Crippen LogP contribution is 2.24. The summed E-state index contributed by atoms with van der Waals surface area (Å²) in [5.41, 5.74) is 1.88. The Hall–Kier alpha value is -3.06. The van der Waals surface area contributed by atoms with Gasteiger partial charge in [-0.25, -0.2) is 0 Å². The summed E-state index contributed by atoms with van der Waals surface area (Å²) in [6, 6.07) is 14.4. The molecular weight excluding hydrogens is 350 g/mol. The molecule has 2 aromatic carbocycles. The summed E-state index contributed by atoms with van der Waals surface area (Å²) in [5, 5.41) is 0. The number of piperidine rings is 1. The van der Waals surface area contributed by atoms with E-state index in [0.29, 0.717) is 35.5 Å². The average Bonchev–Trinajstić information content (AvgIpc) is 2.72. The minimum Gasteiger partial charge on any atom is -0.491 e. The van der Waals surface area contributed by atoms with Crippen molar-refractivity contribution in [1.29, 1.82) is 0 Å². The molecule has 1 amide bonds. The first-order valence-electron chi connectivity index (χ1n) is 9.65. The van der Waals surface area contributed by atoms with Crippen LogP contribution in [0.3, 0.4) is 0 Å². The summed E-state index contributed by atoms with van der Waals surface area (Å²) in [7, 11) is 0. The number of Topliss-reactive ketones (excluding diaryl/α,β-unsaturated/α-hetero) is 1. The third-order valence-corrected chi connectivity index (χ3v) is 4.85. The van der Waals surface area contributed by atoms with Crippen molar-refractivity contribution >= 4 is 11.7 Å². The molecule has 1 fully saturated rings. The van der Waals surface area contributed by atoms with E-state index in [1.807, 2.05) is 32.0 Å². The van der Waals surface area contributed by atoms with Crippen molar-refractivity contribution in [3.63, 3.8) is 0 Å². The van der Waals surface area contributed by atoms with Gasteiger partial charge in [-0.15, -0.1) is 6.42 Å². The highest BCUT2D eigenvalue weighted by Gasteiger charge is 2.29. The second-order valence-corrected chi connectivity index (χ2v) is 7.37. The number of carbonyl (C=O) groups is 2. The quantitative estimate of drug-likeness (QED) is 0.581. The van der Waals surface area contributed by atoms with Gasteiger partial charge in [0.1, 0.15) is 5.75 Å². The third-order valence-electron chi connectivity index (χ3n) is 4.85. The number of terminal acetylenes is 1. The van der Waals surface area contributed by atoms with Crippen molar-refractivity contribution in [2.75, 3.05) is 13.1 Å². The fourth-order valence-electron chi connectivity index (χ4n) is 3.53. The Kier molecular flexibility index (Phi) is 6.16. The van der Waals surface area contributed by atoms with Crippen molar-refractivity contribution in [3.05, 3.63) is 65.2 Å². The molecule has 0 unspecified atom stereocenters. The smallest absolute Gasteiger partial charge is 0.253 e. The van der Waals surface area contributed by atoms with E-state index in [1.165, 1.54) is 0 Å². The Labute approximate surface area is 166 Å². The minimum absolute atomic E-state index is 0.0481. The van der Waals surface area contributed by atoms with Crippen molar-refractivity contribution in [2.24, 2.45) is 5.92 Å². The Morgan fingerprint density at radius 1 is 1.14 bits per heavy atom. The van der Waals surface area contributed by atoms with Crippen LogP contribution in [0.25, 0.3) is 0 Å². The standard InChI is InChI=1S/C24H25NO3/c1-4-18-8-5-10-20(14-18)24(27)25-13-7-11-21(16-25)23(26)19-9-6-12-22(15-19)28-17(2)3/h1,5-6,8-10,12,14-15,17,21H,7,11,13,16H2,2-3H3/t21-/m1/s1. The molecule has 4 heteroatoms. The molecular formula is C24H25NO3. The normalized spacial score (nSPS) is 16.5. The number of ketones is 1. The molecule has 1 saturated heterocycles. The second kappa shape index (κ2) is 8.75. The van der Waals surface area contributed by atoms with Crippen molar-refractivity contribution in [2.45, 2.75) is 32.8 Å². The molecule has 0 radical (unpaired) electrons. The molecule has 2 aromatic rings. The van der Waals surface area contributed by atoms with Crippen LogP contribution >= 0.6 is 0 Å². The fraction of sp³-hybridized carbons (Fsp3) is 0.333. The monoisotopic (exact) mass is 375 g/mol. The number of hydrogen-bond acceptors (Lipinski definition) is 3. The molecule has 4 nitrogen and oxygen atoms in total. The maximum atomic E-state index is 13.0. The van der Waals surface area contributed by atoms with Gasteiger partial charge in [0.2, 0.25) is 0 Å². The van der Waals surface area contributed by atoms with E-state index in [-0.39, 0.29) is 23.7 Å². The van der Waals surface area contributed by atoms with E-state index in [2.05, 4.69) is 5.92 Å². The molecule has 0 aromatic heterocycles. The molecule has 1 aliphatic heterocycles. The molecule has 0 spiro atoms. The van der Waals surface area contributed by atoms with E-state index in [0.717, 1.165) is 12.8 Å². The van der Waals surface area contributed by atoms with Crippen molar-refractivity contribution in [3.8, 4) is 18.1 Å². The molecule has 1 heterocycles. The van der Waals surface area contributed by atoms with Crippen LogP contribution in [0.2, 0.25) is 0 Å². The molecule has 3 rings (SSSR count). The van der Waals surface area contributed by atoms with Gasteiger partial charge in [-0.2, -0.15) is 0 Å². The largest absolute Gasteiger partial charge is 0.491 e. The van der Waals surface area contributed by atoms with E-state index in [9.17, 15) is 9.59 Å². The lowest BCUT2D eigenvalue weighted by atomic mass is 9.89. The SMILES string of the molecule is C#Cc1cccc(C(=O)N2CCC[C@@H](C(=O)c3cccc(OC(C)C)c3)C2)c1. The summed E-state index contributed by atoms with van der Waals surface area (Å²) < 4.78 is 5.70. The first kappa shape index (κ1) is 19.7. The van der Waals surface area contributed by atoms with Crippen LogP contribution in [0.15, 0.2) is 48.5 Å². The van der Waals surface area contributed by atoms with E-state index in [1.54, 1.807) is 35.2 Å². The van der Waals surface area contributed by atoms with E-state index >= 15 is 0 Å². The first-order chi connectivity index (χ1) is 13.5. The van der Waals surface area contributed by atoms with E-state index < -0.39 is 0 Å². The summed E-state index contributed by atoms with van der Waals surface area (Å²) in [4.78, 5) is 27.7. The number of rotatable bonds is 5. The number of nitrogens with zero attached hydrogens (tertiary/aromatic N) is 1. The minimum atomic E-state index is -0.206. The van der Waals surface area contributed by atoms with Gasteiger partial charge in [-0.1, -0.05) is 24.1 Å². The summed E-state index contributed by atoms with van der Waals surface area (Å²) >= 11 is 0. The molecule has 1 aliphatic rings. The fourth-order valence-corrected chi connectivity index (χ4v) is 3.53. The maximum Gasteiger partial charge on any atom is 0.253 e. The molecule has 0 aliphatic carbocycles. The van der Waals surface area contributed by atoms with Crippen LogP contribution in [-0.2, 0) is 0 Å². The van der Waals surface area contributed by atoms with Crippen molar-refractivity contribution < 1.29 is 14.3 Å². The zero-order chi connectivity index (χ0) is 20.1. The number of amides is 1. The Bertz CT molecular complexity index is 910. The van der Waals surface area contributed by atoms with Gasteiger partial charge in [-0.05, 0) is 57.0 Å². The molecule has 144 valence electrons. The van der Waals surface area contributed by atoms with Gasteiger partial charge < -0.3 is 9.64 Å². The van der Waals surface area contributed by atoms with Crippen LogP contribution in [0.4, 0.5) is 0 Å². The predicted octanol–water partition coefficient (Wildman–Crippen LogP) is 4.19. The number of benzene rings is 2. The molecule has 1 atom stereocenters. The van der Waals surface area contributed by atoms with Crippen LogP contribution in [-0.4, -0.2) is 35.8 Å². The highest BCUT2D eigenvalue weighted by atomic mass is 16.5. The second-order valence-electron chi connectivity index (χ2n) is 7.37. The van der Waals surface area contributed by atoms with Crippen molar-refractivity contribution in [1.82, 2.24) is 4.90 Å². The number of ether oxygens (including phenoxy) is 1. The van der Waals surface area contributed by atoms with Crippen LogP contribution in [0.1, 0.15) is 53.0 Å². The van der Waals surface area contributed by atoms with Gasteiger partial charge in [-0.3, -0.25) is 9.59 Å². The Morgan fingerprint density at radius 2 is 1.89 bits per heavy atom. The average molecular weight is 375 g/mol. The Morgan fingerprint density at radius 3 is 2.64 bits per heavy atom. The summed E-state index contributed by atoms with van der Waals surface area (Å²) in [5.74, 6) is 3.02. The molecule has 0 saturated carbocycles. The lowest BCUT2D eigenvalue weighted by Gasteiger charge is -2.32. The van der Waals surface area contributed by atoms with Gasteiger partial charge in [0, 0.05) is 35.7 Å².